The van der Waals surface area contributed by atoms with Crippen LogP contribution >= 0.6 is 0 Å². The Morgan fingerprint density at radius 3 is 1.30 bits per heavy atom. The van der Waals surface area contributed by atoms with Gasteiger partial charge in [0.05, 0.1) is 0 Å². The fraction of sp³-hybridized carbons (Fsp3) is 0.667. The maximum Gasteiger partial charge on any atom is 2.00 e. The summed E-state index contributed by atoms with van der Waals surface area (Å²) in [5, 5.41) is 15.7. The maximum atomic E-state index is 6.25. The van der Waals surface area contributed by atoms with E-state index in [-0.39, 0.29) is 19.5 Å². The quantitative estimate of drug-likeness (QED) is 0.446. The third-order valence-electron chi connectivity index (χ3n) is 0.957. The summed E-state index contributed by atoms with van der Waals surface area (Å²) in [5.41, 5.74) is 0. The first-order chi connectivity index (χ1) is 4.50. The van der Waals surface area contributed by atoms with E-state index in [1.807, 2.05) is 0 Å². The molecule has 0 aromatic rings. The molecule has 0 aromatic heterocycles. The van der Waals surface area contributed by atoms with E-state index in [4.69, 9.17) is 23.7 Å². The van der Waals surface area contributed by atoms with Gasteiger partial charge in [0.15, 0.2) is 0 Å². The standard InChI is InChI=1S/C4H9N.2CN.Zn/c1-2-4-5-3-1;2*1-2;/h5H,1-4H2;;;/q;2*-1;+2. The summed E-state index contributed by atoms with van der Waals surface area (Å²) >= 11 is 0. The van der Waals surface area contributed by atoms with E-state index in [2.05, 4.69) is 5.32 Å². The fourth-order valence-corrected chi connectivity index (χ4v) is 0.625. The van der Waals surface area contributed by atoms with Crippen LogP contribution in [0.25, 0.3) is 0 Å². The van der Waals surface area contributed by atoms with Crippen LogP contribution in [-0.4, -0.2) is 13.1 Å². The van der Waals surface area contributed by atoms with E-state index in [1.165, 1.54) is 25.9 Å². The minimum absolute atomic E-state index is 0. The van der Waals surface area contributed by atoms with Crippen molar-refractivity contribution < 1.29 is 19.5 Å². The molecule has 0 spiro atoms. The average Bonchev–Trinajstić information content (AvgIpc) is 2.51. The number of hydrogen-bond donors (Lipinski definition) is 1. The van der Waals surface area contributed by atoms with E-state index >= 15 is 0 Å². The second kappa shape index (κ2) is 23.5. The first kappa shape index (κ1) is 16.3. The summed E-state index contributed by atoms with van der Waals surface area (Å²) in [6.07, 6.45) is 2.78. The Balaban J connectivity index is -0.0000000875. The Kier molecular flexibility index (Phi) is 38.3. The molecular formula is C6H9N3Zn. The van der Waals surface area contributed by atoms with Gasteiger partial charge in [-0.15, -0.1) is 0 Å². The minimum Gasteiger partial charge on any atom is -0.512 e. The second-order valence-corrected chi connectivity index (χ2v) is 1.46. The molecule has 0 saturated carbocycles. The van der Waals surface area contributed by atoms with Gasteiger partial charge in [-0.1, -0.05) is 0 Å². The van der Waals surface area contributed by atoms with E-state index < -0.39 is 0 Å². The zero-order chi connectivity index (χ0) is 7.54. The number of nitrogens with one attached hydrogen (secondary N) is 1. The Labute approximate surface area is 74.8 Å². The molecule has 1 N–H and O–H groups in total. The van der Waals surface area contributed by atoms with Crippen molar-refractivity contribution in [2.45, 2.75) is 12.8 Å². The van der Waals surface area contributed by atoms with E-state index in [0.717, 1.165) is 0 Å². The van der Waals surface area contributed by atoms with Gasteiger partial charge < -0.3 is 29.0 Å². The summed E-state index contributed by atoms with van der Waals surface area (Å²) in [6, 6.07) is 0. The monoisotopic (exact) mass is 187 g/mol. The van der Waals surface area contributed by atoms with Crippen LogP contribution < -0.4 is 5.32 Å². The van der Waals surface area contributed by atoms with Crippen molar-refractivity contribution in [1.29, 1.82) is 10.5 Å². The maximum absolute atomic E-state index is 6.25. The molecule has 0 bridgehead atoms. The molecule has 4 heteroatoms. The van der Waals surface area contributed by atoms with Crippen LogP contribution in [0.1, 0.15) is 12.8 Å². The van der Waals surface area contributed by atoms with Gasteiger partial charge in [0.25, 0.3) is 0 Å². The van der Waals surface area contributed by atoms with Gasteiger partial charge in [-0.25, -0.2) is 0 Å². The summed E-state index contributed by atoms with van der Waals surface area (Å²) < 4.78 is 0. The van der Waals surface area contributed by atoms with Gasteiger partial charge in [-0.05, 0) is 25.9 Å². The van der Waals surface area contributed by atoms with E-state index in [1.54, 1.807) is 0 Å². The van der Waals surface area contributed by atoms with Crippen molar-refractivity contribution in [3.63, 3.8) is 0 Å². The van der Waals surface area contributed by atoms with Gasteiger partial charge in [0.1, 0.15) is 0 Å². The van der Waals surface area contributed by atoms with Crippen LogP contribution in [0.2, 0.25) is 0 Å². The summed E-state index contributed by atoms with van der Waals surface area (Å²) in [5.74, 6) is 0. The van der Waals surface area contributed by atoms with E-state index in [0.29, 0.717) is 0 Å². The topological polar surface area (TPSA) is 59.6 Å². The smallest absolute Gasteiger partial charge is 0.512 e. The number of rotatable bonds is 0. The van der Waals surface area contributed by atoms with Crippen molar-refractivity contribution in [3.05, 3.63) is 13.1 Å². The Morgan fingerprint density at radius 2 is 1.20 bits per heavy atom. The average molecular weight is 189 g/mol. The number of hydrogen-bond acceptors (Lipinski definition) is 3. The van der Waals surface area contributed by atoms with Crippen LogP contribution in [0.4, 0.5) is 0 Å². The van der Waals surface area contributed by atoms with Gasteiger partial charge in [0, 0.05) is 0 Å². The third-order valence-corrected chi connectivity index (χ3v) is 0.957. The first-order valence-electron chi connectivity index (χ1n) is 2.65. The minimum atomic E-state index is 0. The van der Waals surface area contributed by atoms with Crippen molar-refractivity contribution in [2.24, 2.45) is 0 Å². The van der Waals surface area contributed by atoms with Crippen molar-refractivity contribution in [2.75, 3.05) is 13.1 Å². The molecule has 0 aliphatic carbocycles. The molecule has 1 heterocycles. The molecule has 0 unspecified atom stereocenters. The van der Waals surface area contributed by atoms with Crippen LogP contribution in [0, 0.1) is 23.7 Å². The van der Waals surface area contributed by atoms with Crippen LogP contribution in [0.15, 0.2) is 0 Å². The van der Waals surface area contributed by atoms with Gasteiger partial charge >= 0.3 is 19.5 Å². The molecule has 1 fully saturated rings. The zero-order valence-electron chi connectivity index (χ0n) is 5.93. The molecule has 1 aliphatic rings. The molecule has 1 saturated heterocycles. The van der Waals surface area contributed by atoms with Crippen LogP contribution in [-0.2, 0) is 19.5 Å². The SMILES string of the molecule is C1CCNC1.[C-]#N.[C-]#N.[Zn+2]. The van der Waals surface area contributed by atoms with Crippen LogP contribution in [0.3, 0.4) is 0 Å². The molecule has 0 amide bonds. The van der Waals surface area contributed by atoms with E-state index in [9.17, 15) is 0 Å². The molecule has 0 aromatic carbocycles. The molecule has 1 aliphatic heterocycles. The van der Waals surface area contributed by atoms with Gasteiger partial charge in [0.2, 0.25) is 0 Å². The molecular weight excluding hydrogens is 179 g/mol. The summed E-state index contributed by atoms with van der Waals surface area (Å²) in [6.45, 7) is 12.0. The summed E-state index contributed by atoms with van der Waals surface area (Å²) in [7, 11) is 0. The Hall–Kier alpha value is -0.437. The molecule has 10 heavy (non-hydrogen) atoms. The first-order valence-corrected chi connectivity index (χ1v) is 2.65. The Bertz CT molecular complexity index is 61.9. The predicted molar refractivity (Wildman–Crippen MR) is 32.0 cm³/mol. The van der Waals surface area contributed by atoms with Gasteiger partial charge in [-0.2, -0.15) is 0 Å². The molecule has 3 nitrogen and oxygen atoms in total. The number of nitrogens with zero attached hydrogens (tertiary/aromatic N) is 2. The zero-order valence-corrected chi connectivity index (χ0v) is 8.90. The van der Waals surface area contributed by atoms with Crippen molar-refractivity contribution in [3.8, 4) is 0 Å². The summed E-state index contributed by atoms with van der Waals surface area (Å²) in [4.78, 5) is 0. The molecule has 0 atom stereocenters. The third kappa shape index (κ3) is 15.6. The normalized spacial score (nSPS) is 12.4. The largest absolute Gasteiger partial charge is 2.00 e. The second-order valence-electron chi connectivity index (χ2n) is 1.46. The van der Waals surface area contributed by atoms with Crippen LogP contribution in [0.5, 0.6) is 0 Å². The molecule has 50 valence electrons. The van der Waals surface area contributed by atoms with Crippen molar-refractivity contribution >= 4 is 0 Å². The molecule has 0 radical (unpaired) electrons. The Morgan fingerprint density at radius 1 is 0.900 bits per heavy atom. The van der Waals surface area contributed by atoms with Gasteiger partial charge in [-0.3, -0.25) is 0 Å². The molecule has 1 rings (SSSR count). The van der Waals surface area contributed by atoms with Crippen molar-refractivity contribution in [1.82, 2.24) is 5.32 Å². The predicted octanol–water partition coefficient (Wildman–Crippen LogP) is 0.560. The fourth-order valence-electron chi connectivity index (χ4n) is 0.625.